The summed E-state index contributed by atoms with van der Waals surface area (Å²) in [5.74, 6) is 2.30. The van der Waals surface area contributed by atoms with Crippen LogP contribution in [0.1, 0.15) is 25.0 Å². The van der Waals surface area contributed by atoms with E-state index in [9.17, 15) is 0 Å². The zero-order valence-corrected chi connectivity index (χ0v) is 12.4. The topological polar surface area (TPSA) is 34.1 Å². The van der Waals surface area contributed by atoms with Gasteiger partial charge in [0.15, 0.2) is 0 Å². The van der Waals surface area contributed by atoms with Gasteiger partial charge in [0, 0.05) is 18.3 Å². The van der Waals surface area contributed by atoms with Crippen molar-refractivity contribution in [2.75, 3.05) is 6.54 Å². The molecule has 1 aromatic heterocycles. The lowest BCUT2D eigenvalue weighted by Crippen LogP contribution is -2.19. The molecule has 0 unspecified atom stereocenters. The van der Waals surface area contributed by atoms with Crippen molar-refractivity contribution in [1.82, 2.24) is 10.3 Å². The second kappa shape index (κ2) is 7.06. The van der Waals surface area contributed by atoms with Crippen molar-refractivity contribution in [3.63, 3.8) is 0 Å². The van der Waals surface area contributed by atoms with E-state index in [1.165, 1.54) is 11.1 Å². The predicted molar refractivity (Wildman–Crippen MR) is 82.0 cm³/mol. The zero-order valence-electron chi connectivity index (χ0n) is 12.4. The largest absolute Gasteiger partial charge is 0.455 e. The van der Waals surface area contributed by atoms with E-state index >= 15 is 0 Å². The Hall–Kier alpha value is -1.87. The molecule has 3 nitrogen and oxygen atoms in total. The van der Waals surface area contributed by atoms with Crippen LogP contribution in [0.4, 0.5) is 0 Å². The second-order valence-electron chi connectivity index (χ2n) is 5.43. The molecule has 0 amide bonds. The number of nitrogens with zero attached hydrogens (tertiary/aromatic N) is 1. The van der Waals surface area contributed by atoms with Crippen LogP contribution in [0, 0.1) is 12.8 Å². The molecule has 2 aromatic rings. The summed E-state index contributed by atoms with van der Waals surface area (Å²) in [6.07, 6.45) is 3.47. The van der Waals surface area contributed by atoms with Crippen LogP contribution in [0.3, 0.4) is 0 Å². The predicted octanol–water partition coefficient (Wildman–Crippen LogP) is 3.93. The molecule has 0 aliphatic rings. The van der Waals surface area contributed by atoms with Crippen molar-refractivity contribution in [2.24, 2.45) is 5.92 Å². The van der Waals surface area contributed by atoms with Crippen LogP contribution in [-0.2, 0) is 6.54 Å². The molecule has 0 fully saturated rings. The van der Waals surface area contributed by atoms with Gasteiger partial charge in [0.2, 0.25) is 0 Å². The van der Waals surface area contributed by atoms with Gasteiger partial charge in [-0.15, -0.1) is 0 Å². The Morgan fingerprint density at radius 3 is 2.80 bits per heavy atom. The number of aromatic nitrogens is 1. The third-order valence-electron chi connectivity index (χ3n) is 2.95. The molecule has 1 N–H and O–H groups in total. The minimum atomic E-state index is 0.641. The van der Waals surface area contributed by atoms with Gasteiger partial charge in [-0.2, -0.15) is 0 Å². The number of rotatable bonds is 6. The lowest BCUT2D eigenvalue weighted by molar-refractivity contribution is 0.467. The van der Waals surface area contributed by atoms with E-state index in [4.69, 9.17) is 4.74 Å². The zero-order chi connectivity index (χ0) is 14.4. The van der Waals surface area contributed by atoms with E-state index in [2.05, 4.69) is 43.2 Å². The third-order valence-corrected chi connectivity index (χ3v) is 2.95. The number of hydrogen-bond donors (Lipinski definition) is 1. The molecule has 0 saturated heterocycles. The Morgan fingerprint density at radius 1 is 1.25 bits per heavy atom. The van der Waals surface area contributed by atoms with E-state index in [1.807, 2.05) is 18.2 Å². The maximum absolute atomic E-state index is 5.92. The van der Waals surface area contributed by atoms with Crippen LogP contribution < -0.4 is 10.1 Å². The average molecular weight is 270 g/mol. The van der Waals surface area contributed by atoms with Crippen molar-refractivity contribution >= 4 is 0 Å². The van der Waals surface area contributed by atoms with Gasteiger partial charge in [-0.1, -0.05) is 31.5 Å². The first-order chi connectivity index (χ1) is 9.65. The number of pyridine rings is 1. The van der Waals surface area contributed by atoms with E-state index in [0.29, 0.717) is 5.92 Å². The quantitative estimate of drug-likeness (QED) is 0.863. The van der Waals surface area contributed by atoms with E-state index in [1.54, 1.807) is 12.4 Å². The smallest absolute Gasteiger partial charge is 0.145 e. The number of benzene rings is 1. The van der Waals surface area contributed by atoms with Crippen molar-refractivity contribution in [3.8, 4) is 11.5 Å². The lowest BCUT2D eigenvalue weighted by atomic mass is 10.1. The van der Waals surface area contributed by atoms with Crippen LogP contribution in [0.15, 0.2) is 42.7 Å². The second-order valence-corrected chi connectivity index (χ2v) is 5.43. The summed E-state index contributed by atoms with van der Waals surface area (Å²) in [7, 11) is 0. The highest BCUT2D eigenvalue weighted by Crippen LogP contribution is 2.25. The van der Waals surface area contributed by atoms with Crippen LogP contribution in [0.2, 0.25) is 0 Å². The highest BCUT2D eigenvalue weighted by atomic mass is 16.5. The van der Waals surface area contributed by atoms with Gasteiger partial charge in [0.1, 0.15) is 11.5 Å². The molecule has 3 heteroatoms. The SMILES string of the molecule is Cc1ccc(Oc2cccnc2)c(CNCC(C)C)c1. The molecular weight excluding hydrogens is 248 g/mol. The van der Waals surface area contributed by atoms with Gasteiger partial charge in [0.25, 0.3) is 0 Å². The molecule has 2 rings (SSSR count). The van der Waals surface area contributed by atoms with E-state index < -0.39 is 0 Å². The molecular formula is C17H22N2O. The Kier molecular flexibility index (Phi) is 5.13. The minimum absolute atomic E-state index is 0.641. The van der Waals surface area contributed by atoms with Crippen LogP contribution in [-0.4, -0.2) is 11.5 Å². The molecule has 106 valence electrons. The van der Waals surface area contributed by atoms with Crippen molar-refractivity contribution in [2.45, 2.75) is 27.3 Å². The maximum Gasteiger partial charge on any atom is 0.145 e. The summed E-state index contributed by atoms with van der Waals surface area (Å²) in [6.45, 7) is 8.32. The van der Waals surface area contributed by atoms with Gasteiger partial charge in [-0.05, 0) is 37.6 Å². The van der Waals surface area contributed by atoms with Gasteiger partial charge >= 0.3 is 0 Å². The number of nitrogens with one attached hydrogen (secondary N) is 1. The Morgan fingerprint density at radius 2 is 2.10 bits per heavy atom. The van der Waals surface area contributed by atoms with E-state index in [0.717, 1.165) is 24.6 Å². The van der Waals surface area contributed by atoms with Crippen LogP contribution >= 0.6 is 0 Å². The summed E-state index contributed by atoms with van der Waals surface area (Å²) < 4.78 is 5.92. The number of hydrogen-bond acceptors (Lipinski definition) is 3. The molecule has 0 aliphatic carbocycles. The first-order valence-electron chi connectivity index (χ1n) is 7.03. The van der Waals surface area contributed by atoms with E-state index in [-0.39, 0.29) is 0 Å². The molecule has 0 aliphatic heterocycles. The molecule has 0 radical (unpaired) electrons. The fourth-order valence-electron chi connectivity index (χ4n) is 1.98. The van der Waals surface area contributed by atoms with Crippen LogP contribution in [0.25, 0.3) is 0 Å². The maximum atomic E-state index is 5.92. The summed E-state index contributed by atoms with van der Waals surface area (Å²) in [5.41, 5.74) is 2.42. The van der Waals surface area contributed by atoms with Crippen LogP contribution in [0.5, 0.6) is 11.5 Å². The summed E-state index contributed by atoms with van der Waals surface area (Å²) in [5, 5.41) is 3.46. The molecule has 0 atom stereocenters. The molecule has 20 heavy (non-hydrogen) atoms. The third kappa shape index (κ3) is 4.35. The first kappa shape index (κ1) is 14.5. The van der Waals surface area contributed by atoms with Gasteiger partial charge < -0.3 is 10.1 Å². The van der Waals surface area contributed by atoms with Crippen molar-refractivity contribution in [1.29, 1.82) is 0 Å². The summed E-state index contributed by atoms with van der Waals surface area (Å²) >= 11 is 0. The minimum Gasteiger partial charge on any atom is -0.455 e. The summed E-state index contributed by atoms with van der Waals surface area (Å²) in [4.78, 5) is 4.07. The molecule has 0 saturated carbocycles. The Bertz CT molecular complexity index is 538. The van der Waals surface area contributed by atoms with Gasteiger partial charge in [-0.3, -0.25) is 4.98 Å². The molecule has 1 aromatic carbocycles. The number of aryl methyl sites for hydroxylation is 1. The fourth-order valence-corrected chi connectivity index (χ4v) is 1.98. The normalized spacial score (nSPS) is 10.8. The van der Waals surface area contributed by atoms with Gasteiger partial charge in [0.05, 0.1) is 6.20 Å². The fraction of sp³-hybridized carbons (Fsp3) is 0.353. The highest BCUT2D eigenvalue weighted by molar-refractivity contribution is 5.39. The van der Waals surface area contributed by atoms with Gasteiger partial charge in [-0.25, -0.2) is 0 Å². The summed E-state index contributed by atoms with van der Waals surface area (Å²) in [6, 6.07) is 10.0. The Balaban J connectivity index is 2.11. The lowest BCUT2D eigenvalue weighted by Gasteiger charge is -2.13. The number of ether oxygens (including phenoxy) is 1. The first-order valence-corrected chi connectivity index (χ1v) is 7.03. The molecule has 0 spiro atoms. The average Bonchev–Trinajstić information content (AvgIpc) is 2.42. The van der Waals surface area contributed by atoms with Crippen molar-refractivity contribution < 1.29 is 4.74 Å². The standard InChI is InChI=1S/C17H22N2O/c1-13(2)10-19-11-15-9-14(3)6-7-17(15)20-16-5-4-8-18-12-16/h4-9,12-13,19H,10-11H2,1-3H3. The Labute approximate surface area is 121 Å². The monoisotopic (exact) mass is 270 g/mol. The molecule has 1 heterocycles. The highest BCUT2D eigenvalue weighted by Gasteiger charge is 2.06. The molecule has 0 bridgehead atoms. The van der Waals surface area contributed by atoms with Crippen molar-refractivity contribution in [3.05, 3.63) is 53.9 Å².